The summed E-state index contributed by atoms with van der Waals surface area (Å²) in [5, 5.41) is 0. The molecule has 0 spiro atoms. The molecule has 0 aromatic rings. The van der Waals surface area contributed by atoms with Gasteiger partial charge in [-0.15, -0.1) is 12.4 Å². The molecule has 2 heterocycles. The molecular weight excluding hydrogens is 188 g/mol. The number of hydrogen-bond acceptors (Lipinski definition) is 1. The van der Waals surface area contributed by atoms with Crippen LogP contribution in [0.3, 0.4) is 0 Å². The number of halogens is 1. The van der Waals surface area contributed by atoms with E-state index in [4.69, 9.17) is 0 Å². The van der Waals surface area contributed by atoms with E-state index in [0.29, 0.717) is 17.9 Å². The van der Waals surface area contributed by atoms with Gasteiger partial charge in [-0.25, -0.2) is 0 Å². The SMILES string of the molecule is CC(=O)C12C[C@@H]3C[C@H]1CC3[N+]2=[N-].Cl. The van der Waals surface area contributed by atoms with Gasteiger partial charge in [0, 0.05) is 31.6 Å². The van der Waals surface area contributed by atoms with Crippen LogP contribution in [0.1, 0.15) is 26.2 Å². The summed E-state index contributed by atoms with van der Waals surface area (Å²) in [6, 6.07) is 0.305. The van der Waals surface area contributed by atoms with Crippen LogP contribution in [0.15, 0.2) is 0 Å². The summed E-state index contributed by atoms with van der Waals surface area (Å²) >= 11 is 0. The van der Waals surface area contributed by atoms with Crippen LogP contribution < -0.4 is 0 Å². The lowest BCUT2D eigenvalue weighted by molar-refractivity contribution is -0.610. The van der Waals surface area contributed by atoms with Crippen LogP contribution in [0.5, 0.6) is 0 Å². The first-order valence-electron chi connectivity index (χ1n) is 4.65. The van der Waals surface area contributed by atoms with Crippen molar-refractivity contribution in [3.05, 3.63) is 5.53 Å². The van der Waals surface area contributed by atoms with Crippen molar-refractivity contribution in [2.24, 2.45) is 11.8 Å². The maximum Gasteiger partial charge on any atom is 0.213 e. The standard InChI is InChI=1S/C9H12N2O.ClH/c1-5(12)9-4-6-2-7(9)3-8(6)11(9)10;/h6-8H,2-4H2,1H3;1H/t6-,7-,8?,9?;/m0./s1. The number of piperidine rings is 1. The van der Waals surface area contributed by atoms with Gasteiger partial charge >= 0.3 is 0 Å². The lowest BCUT2D eigenvalue weighted by atomic mass is 9.84. The number of hydrogen-bond donors (Lipinski definition) is 0. The summed E-state index contributed by atoms with van der Waals surface area (Å²) in [4.78, 5) is 11.5. The van der Waals surface area contributed by atoms with Crippen molar-refractivity contribution in [3.63, 3.8) is 0 Å². The van der Waals surface area contributed by atoms with E-state index in [1.807, 2.05) is 0 Å². The molecule has 4 aliphatic rings. The zero-order valence-electron chi connectivity index (χ0n) is 7.56. The molecule has 0 aromatic carbocycles. The molecule has 72 valence electrons. The highest BCUT2D eigenvalue weighted by atomic mass is 35.5. The van der Waals surface area contributed by atoms with Gasteiger partial charge in [-0.05, 0) is 6.42 Å². The minimum absolute atomic E-state index is 0. The Bertz CT molecular complexity index is 304. The number of carbonyl (C=O) groups excluding carboxylic acids is 1. The van der Waals surface area contributed by atoms with Crippen LogP contribution >= 0.6 is 12.4 Å². The highest BCUT2D eigenvalue weighted by molar-refractivity contribution is 5.86. The molecule has 13 heavy (non-hydrogen) atoms. The fraction of sp³-hybridized carbons (Fsp3) is 0.889. The van der Waals surface area contributed by atoms with Gasteiger partial charge < -0.3 is 10.2 Å². The Morgan fingerprint density at radius 3 is 2.46 bits per heavy atom. The van der Waals surface area contributed by atoms with Crippen molar-refractivity contribution in [1.29, 1.82) is 0 Å². The van der Waals surface area contributed by atoms with Crippen molar-refractivity contribution >= 4 is 18.2 Å². The minimum Gasteiger partial charge on any atom is -0.506 e. The molecule has 3 nitrogen and oxygen atoms in total. The summed E-state index contributed by atoms with van der Waals surface area (Å²) in [5.74, 6) is 1.22. The molecule has 0 amide bonds. The Hall–Kier alpha value is -0.440. The van der Waals surface area contributed by atoms with Crippen molar-refractivity contribution in [2.75, 3.05) is 0 Å². The van der Waals surface area contributed by atoms with Crippen molar-refractivity contribution in [2.45, 2.75) is 37.8 Å². The van der Waals surface area contributed by atoms with Gasteiger partial charge in [0.15, 0.2) is 5.78 Å². The molecule has 4 bridgehead atoms. The van der Waals surface area contributed by atoms with E-state index >= 15 is 0 Å². The normalized spacial score (nSPS) is 49.9. The maximum atomic E-state index is 11.5. The fourth-order valence-corrected chi connectivity index (χ4v) is 3.75. The molecule has 0 aromatic heterocycles. The van der Waals surface area contributed by atoms with Gasteiger partial charge in [0.2, 0.25) is 5.54 Å². The summed E-state index contributed by atoms with van der Waals surface area (Å²) in [5.41, 5.74) is 9.31. The van der Waals surface area contributed by atoms with Crippen molar-refractivity contribution in [3.8, 4) is 0 Å². The maximum absolute atomic E-state index is 11.5. The molecule has 4 rings (SSSR count). The fourth-order valence-electron chi connectivity index (χ4n) is 3.75. The second-order valence-corrected chi connectivity index (χ2v) is 4.52. The Morgan fingerprint density at radius 1 is 1.54 bits per heavy atom. The van der Waals surface area contributed by atoms with Gasteiger partial charge in [-0.2, -0.15) is 0 Å². The van der Waals surface area contributed by atoms with Gasteiger partial charge in [0.05, 0.1) is 0 Å². The van der Waals surface area contributed by atoms with E-state index < -0.39 is 5.54 Å². The molecule has 0 radical (unpaired) electrons. The molecule has 2 aliphatic carbocycles. The second kappa shape index (κ2) is 2.32. The van der Waals surface area contributed by atoms with Crippen LogP contribution in [0.25, 0.3) is 5.53 Å². The molecule has 4 atom stereocenters. The van der Waals surface area contributed by atoms with Gasteiger partial charge in [0.25, 0.3) is 0 Å². The number of rotatable bonds is 1. The highest BCUT2D eigenvalue weighted by Gasteiger charge is 2.73. The van der Waals surface area contributed by atoms with Crippen molar-refractivity contribution < 1.29 is 9.49 Å². The predicted molar refractivity (Wildman–Crippen MR) is 48.9 cm³/mol. The third-order valence-electron chi connectivity index (χ3n) is 4.24. The van der Waals surface area contributed by atoms with E-state index in [1.165, 1.54) is 11.1 Å². The quantitative estimate of drug-likeness (QED) is 0.593. The summed E-state index contributed by atoms with van der Waals surface area (Å²) < 4.78 is 1.37. The highest BCUT2D eigenvalue weighted by Crippen LogP contribution is 2.61. The monoisotopic (exact) mass is 200 g/mol. The van der Waals surface area contributed by atoms with Crippen LogP contribution in [0, 0.1) is 11.8 Å². The Morgan fingerprint density at radius 2 is 2.23 bits per heavy atom. The summed E-state index contributed by atoms with van der Waals surface area (Å²) in [6.45, 7) is 1.62. The van der Waals surface area contributed by atoms with Crippen LogP contribution in [-0.4, -0.2) is 22.1 Å². The topological polar surface area (TPSA) is 42.4 Å². The lowest BCUT2D eigenvalue weighted by Crippen LogP contribution is -2.43. The first kappa shape index (κ1) is 9.13. The number of carbonyl (C=O) groups is 1. The zero-order chi connectivity index (χ0) is 8.51. The first-order chi connectivity index (χ1) is 5.66. The van der Waals surface area contributed by atoms with Crippen LogP contribution in [0.2, 0.25) is 0 Å². The molecule has 2 unspecified atom stereocenters. The van der Waals surface area contributed by atoms with Crippen LogP contribution in [0.4, 0.5) is 0 Å². The Balaban J connectivity index is 0.000000653. The molecule has 0 N–H and O–H groups in total. The summed E-state index contributed by atoms with van der Waals surface area (Å²) in [6.07, 6.45) is 3.12. The van der Waals surface area contributed by atoms with E-state index in [9.17, 15) is 10.3 Å². The zero-order valence-corrected chi connectivity index (χ0v) is 8.38. The number of nitrogens with zero attached hydrogens (tertiary/aromatic N) is 2. The minimum atomic E-state index is -0.449. The number of Topliss-reactive ketones (excluding diaryl/α,β-unsaturated/α-hetero) is 1. The van der Waals surface area contributed by atoms with Gasteiger partial charge in [-0.1, -0.05) is 0 Å². The predicted octanol–water partition coefficient (Wildman–Crippen LogP) is 1.58. The van der Waals surface area contributed by atoms with Crippen molar-refractivity contribution in [1.82, 2.24) is 0 Å². The largest absolute Gasteiger partial charge is 0.506 e. The number of ketones is 1. The second-order valence-electron chi connectivity index (χ2n) is 4.52. The lowest BCUT2D eigenvalue weighted by Gasteiger charge is -2.23. The first-order valence-corrected chi connectivity index (χ1v) is 4.65. The Kier molecular flexibility index (Phi) is 1.63. The molecule has 2 saturated heterocycles. The molecule has 4 fully saturated rings. The smallest absolute Gasteiger partial charge is 0.213 e. The average Bonchev–Trinajstić information content (AvgIpc) is 2.65. The van der Waals surface area contributed by atoms with Crippen LogP contribution in [-0.2, 0) is 4.79 Å². The molecule has 2 aliphatic heterocycles. The van der Waals surface area contributed by atoms with Gasteiger partial charge in [-0.3, -0.25) is 4.79 Å². The van der Waals surface area contributed by atoms with E-state index in [2.05, 4.69) is 0 Å². The third kappa shape index (κ3) is 0.711. The molecule has 2 saturated carbocycles. The third-order valence-corrected chi connectivity index (χ3v) is 4.24. The van der Waals surface area contributed by atoms with E-state index in [0.717, 1.165) is 12.8 Å². The summed E-state index contributed by atoms with van der Waals surface area (Å²) in [7, 11) is 0. The van der Waals surface area contributed by atoms with Gasteiger partial charge in [0.1, 0.15) is 6.04 Å². The molecule has 4 heteroatoms. The Labute approximate surface area is 83.4 Å². The van der Waals surface area contributed by atoms with E-state index in [-0.39, 0.29) is 18.2 Å². The average molecular weight is 201 g/mol. The molecular formula is C9H13ClN2O. The van der Waals surface area contributed by atoms with E-state index in [1.54, 1.807) is 6.92 Å².